The molecule has 0 spiro atoms. The van der Waals surface area contributed by atoms with Crippen LogP contribution in [0.5, 0.6) is 0 Å². The first-order chi connectivity index (χ1) is 7.51. The van der Waals surface area contributed by atoms with Crippen molar-refractivity contribution in [1.82, 2.24) is 9.03 Å². The maximum atomic E-state index is 11.8. The molecular formula is C9H22ClN3O3S. The lowest BCUT2D eigenvalue weighted by Gasteiger charge is -2.22. The molecule has 17 heavy (non-hydrogen) atoms. The van der Waals surface area contributed by atoms with Crippen LogP contribution in [0.15, 0.2) is 0 Å². The van der Waals surface area contributed by atoms with Gasteiger partial charge >= 0.3 is 0 Å². The summed E-state index contributed by atoms with van der Waals surface area (Å²) in [6, 6.07) is -0.130. The number of hydrogen-bond acceptors (Lipinski definition) is 4. The molecule has 0 bridgehead atoms. The molecule has 1 aliphatic rings. The topological polar surface area (TPSA) is 84.7 Å². The second kappa shape index (κ2) is 7.50. The lowest BCUT2D eigenvalue weighted by molar-refractivity contribution is 0.184. The standard InChI is InChI=1S/C9H21N3O3S.ClH/c1-12(5-6-15-2)16(13,14)11-9(7-10)8-3-4-8;/h8-9,11H,3-7,10H2,1-2H3;1H. The minimum absolute atomic E-state index is 0. The molecule has 3 N–H and O–H groups in total. The number of likely N-dealkylation sites (N-methyl/N-ethyl adjacent to an activating group) is 1. The summed E-state index contributed by atoms with van der Waals surface area (Å²) in [4.78, 5) is 0. The third-order valence-corrected chi connectivity index (χ3v) is 4.37. The van der Waals surface area contributed by atoms with Gasteiger partial charge in [0.05, 0.1) is 6.61 Å². The summed E-state index contributed by atoms with van der Waals surface area (Å²) < 4.78 is 32.4. The second-order valence-electron chi connectivity index (χ2n) is 4.12. The van der Waals surface area contributed by atoms with Gasteiger partial charge in [0.1, 0.15) is 0 Å². The first-order valence-corrected chi connectivity index (χ1v) is 6.88. The SMILES string of the molecule is COCCN(C)S(=O)(=O)NC(CN)C1CC1.Cl. The molecule has 1 aliphatic carbocycles. The Hall–Kier alpha value is 0.0800. The Morgan fingerprint density at radius 1 is 1.53 bits per heavy atom. The number of ether oxygens (including phenoxy) is 1. The quantitative estimate of drug-likeness (QED) is 0.634. The molecule has 0 saturated heterocycles. The van der Waals surface area contributed by atoms with Crippen LogP contribution < -0.4 is 10.5 Å². The number of hydrogen-bond donors (Lipinski definition) is 2. The minimum Gasteiger partial charge on any atom is -0.383 e. The molecular weight excluding hydrogens is 266 g/mol. The van der Waals surface area contributed by atoms with E-state index in [-0.39, 0.29) is 18.4 Å². The number of rotatable bonds is 8. The Morgan fingerprint density at radius 3 is 2.53 bits per heavy atom. The predicted octanol–water partition coefficient (Wildman–Crippen LogP) is -0.442. The molecule has 1 fully saturated rings. The van der Waals surface area contributed by atoms with E-state index in [0.717, 1.165) is 12.8 Å². The lowest BCUT2D eigenvalue weighted by atomic mass is 10.2. The zero-order valence-corrected chi connectivity index (χ0v) is 11.9. The fraction of sp³-hybridized carbons (Fsp3) is 1.00. The highest BCUT2D eigenvalue weighted by Crippen LogP contribution is 2.32. The van der Waals surface area contributed by atoms with E-state index >= 15 is 0 Å². The van der Waals surface area contributed by atoms with Gasteiger partial charge in [0.15, 0.2) is 0 Å². The largest absolute Gasteiger partial charge is 0.383 e. The van der Waals surface area contributed by atoms with Gasteiger partial charge in [-0.15, -0.1) is 12.4 Å². The summed E-state index contributed by atoms with van der Waals surface area (Å²) >= 11 is 0. The van der Waals surface area contributed by atoms with Crippen molar-refractivity contribution < 1.29 is 13.2 Å². The van der Waals surface area contributed by atoms with Gasteiger partial charge in [-0.25, -0.2) is 0 Å². The fourth-order valence-electron chi connectivity index (χ4n) is 1.46. The lowest BCUT2D eigenvalue weighted by Crippen LogP contribution is -2.48. The molecule has 1 saturated carbocycles. The Labute approximate surface area is 109 Å². The number of methoxy groups -OCH3 is 1. The van der Waals surface area contributed by atoms with Crippen molar-refractivity contribution >= 4 is 22.6 Å². The Bertz CT molecular complexity index is 309. The van der Waals surface area contributed by atoms with Crippen LogP contribution in [0.2, 0.25) is 0 Å². The molecule has 0 aromatic rings. The van der Waals surface area contributed by atoms with E-state index in [1.54, 1.807) is 7.11 Å². The molecule has 8 heteroatoms. The molecule has 1 atom stereocenters. The first kappa shape index (κ1) is 17.1. The average Bonchev–Trinajstić information content (AvgIpc) is 3.06. The van der Waals surface area contributed by atoms with Gasteiger partial charge in [0.25, 0.3) is 10.2 Å². The Balaban J connectivity index is 0.00000256. The summed E-state index contributed by atoms with van der Waals surface area (Å²) in [6.07, 6.45) is 2.12. The van der Waals surface area contributed by atoms with Gasteiger partial charge in [-0.2, -0.15) is 17.4 Å². The fourth-order valence-corrected chi connectivity index (χ4v) is 2.62. The second-order valence-corrected chi connectivity index (χ2v) is 5.93. The van der Waals surface area contributed by atoms with Crippen LogP contribution in [-0.2, 0) is 14.9 Å². The van der Waals surface area contributed by atoms with Crippen molar-refractivity contribution in [2.24, 2.45) is 11.7 Å². The summed E-state index contributed by atoms with van der Waals surface area (Å²) in [5, 5.41) is 0. The zero-order chi connectivity index (χ0) is 12.2. The van der Waals surface area contributed by atoms with E-state index in [0.29, 0.717) is 25.6 Å². The minimum atomic E-state index is -3.43. The molecule has 0 aliphatic heterocycles. The van der Waals surface area contributed by atoms with Gasteiger partial charge in [-0.3, -0.25) is 0 Å². The maximum absolute atomic E-state index is 11.8. The third-order valence-electron chi connectivity index (χ3n) is 2.77. The molecule has 0 amide bonds. The van der Waals surface area contributed by atoms with Crippen LogP contribution in [0.1, 0.15) is 12.8 Å². The van der Waals surface area contributed by atoms with Crippen molar-refractivity contribution in [2.75, 3.05) is 33.9 Å². The van der Waals surface area contributed by atoms with Crippen LogP contribution >= 0.6 is 12.4 Å². The van der Waals surface area contributed by atoms with Crippen LogP contribution in [0.4, 0.5) is 0 Å². The summed E-state index contributed by atoms with van der Waals surface area (Å²) in [5.41, 5.74) is 5.55. The highest BCUT2D eigenvalue weighted by atomic mass is 35.5. The summed E-state index contributed by atoms with van der Waals surface area (Å²) in [7, 11) is -0.354. The van der Waals surface area contributed by atoms with E-state index in [1.807, 2.05) is 0 Å². The number of nitrogens with two attached hydrogens (primary N) is 1. The predicted molar refractivity (Wildman–Crippen MR) is 69.4 cm³/mol. The average molecular weight is 288 g/mol. The molecule has 0 radical (unpaired) electrons. The number of nitrogens with one attached hydrogen (secondary N) is 1. The molecule has 0 aromatic carbocycles. The van der Waals surface area contributed by atoms with E-state index in [2.05, 4.69) is 4.72 Å². The molecule has 0 heterocycles. The smallest absolute Gasteiger partial charge is 0.279 e. The van der Waals surface area contributed by atoms with Crippen LogP contribution in [0.25, 0.3) is 0 Å². The Kier molecular flexibility index (Phi) is 7.54. The number of halogens is 1. The van der Waals surface area contributed by atoms with Crippen LogP contribution in [0, 0.1) is 5.92 Å². The van der Waals surface area contributed by atoms with Gasteiger partial charge < -0.3 is 10.5 Å². The van der Waals surface area contributed by atoms with Crippen LogP contribution in [0.3, 0.4) is 0 Å². The maximum Gasteiger partial charge on any atom is 0.279 e. The highest BCUT2D eigenvalue weighted by molar-refractivity contribution is 7.87. The van der Waals surface area contributed by atoms with Gasteiger partial charge in [0.2, 0.25) is 0 Å². The molecule has 1 rings (SSSR count). The van der Waals surface area contributed by atoms with Gasteiger partial charge in [0, 0.05) is 33.3 Å². The first-order valence-electron chi connectivity index (χ1n) is 5.44. The highest BCUT2D eigenvalue weighted by Gasteiger charge is 2.33. The van der Waals surface area contributed by atoms with E-state index in [9.17, 15) is 8.42 Å². The van der Waals surface area contributed by atoms with Gasteiger partial charge in [-0.1, -0.05) is 0 Å². The molecule has 0 aromatic heterocycles. The van der Waals surface area contributed by atoms with Crippen molar-refractivity contribution in [1.29, 1.82) is 0 Å². The van der Waals surface area contributed by atoms with E-state index < -0.39 is 10.2 Å². The van der Waals surface area contributed by atoms with Crippen LogP contribution in [-0.4, -0.2) is 52.6 Å². The third kappa shape index (κ3) is 5.50. The summed E-state index contributed by atoms with van der Waals surface area (Å²) in [5.74, 6) is 0.413. The number of nitrogens with zero attached hydrogens (tertiary/aromatic N) is 1. The van der Waals surface area contributed by atoms with Crippen molar-refractivity contribution in [3.05, 3.63) is 0 Å². The molecule has 6 nitrogen and oxygen atoms in total. The molecule has 104 valence electrons. The van der Waals surface area contributed by atoms with Gasteiger partial charge in [-0.05, 0) is 18.8 Å². The zero-order valence-electron chi connectivity index (χ0n) is 10.3. The van der Waals surface area contributed by atoms with Crippen molar-refractivity contribution in [3.8, 4) is 0 Å². The Morgan fingerprint density at radius 2 is 2.12 bits per heavy atom. The van der Waals surface area contributed by atoms with E-state index in [1.165, 1.54) is 11.4 Å². The van der Waals surface area contributed by atoms with Crippen molar-refractivity contribution in [2.45, 2.75) is 18.9 Å². The van der Waals surface area contributed by atoms with E-state index in [4.69, 9.17) is 10.5 Å². The normalized spacial score (nSPS) is 17.9. The summed E-state index contributed by atoms with van der Waals surface area (Å²) in [6.45, 7) is 1.07. The molecule has 1 unspecified atom stereocenters. The monoisotopic (exact) mass is 287 g/mol. The van der Waals surface area contributed by atoms with Crippen molar-refractivity contribution in [3.63, 3.8) is 0 Å².